The Labute approximate surface area is 179 Å². The summed E-state index contributed by atoms with van der Waals surface area (Å²) in [6.07, 6.45) is 2.63. The van der Waals surface area contributed by atoms with Crippen LogP contribution >= 0.6 is 0 Å². The molecule has 172 valence electrons. The number of hydrogen-bond acceptors (Lipinski definition) is 5. The Balaban J connectivity index is 1.62. The molecule has 0 saturated heterocycles. The molecule has 4 aliphatic rings. The van der Waals surface area contributed by atoms with E-state index in [2.05, 4.69) is 20.8 Å². The lowest BCUT2D eigenvalue weighted by atomic mass is 9.43. The summed E-state index contributed by atoms with van der Waals surface area (Å²) >= 11 is 0. The minimum absolute atomic E-state index is 0.0961. The van der Waals surface area contributed by atoms with Gasteiger partial charge in [0.2, 0.25) is 0 Å². The van der Waals surface area contributed by atoms with E-state index in [4.69, 9.17) is 5.11 Å². The maximum Gasteiger partial charge on any atom is 0.303 e. The molecule has 4 saturated carbocycles. The smallest absolute Gasteiger partial charge is 0.303 e. The van der Waals surface area contributed by atoms with E-state index >= 15 is 0 Å². The Morgan fingerprint density at radius 1 is 0.967 bits per heavy atom. The molecule has 12 atom stereocenters. The Morgan fingerprint density at radius 2 is 1.63 bits per heavy atom. The quantitative estimate of drug-likeness (QED) is 0.473. The first-order valence-electron chi connectivity index (χ1n) is 11.9. The van der Waals surface area contributed by atoms with Crippen LogP contribution in [0.25, 0.3) is 0 Å². The van der Waals surface area contributed by atoms with Crippen molar-refractivity contribution in [3.63, 3.8) is 0 Å². The van der Waals surface area contributed by atoms with Crippen LogP contribution in [0.3, 0.4) is 0 Å². The Morgan fingerprint density at radius 3 is 2.30 bits per heavy atom. The summed E-state index contributed by atoms with van der Waals surface area (Å²) in [6, 6.07) is 0. The summed E-state index contributed by atoms with van der Waals surface area (Å²) in [7, 11) is 0. The second-order valence-corrected chi connectivity index (χ2v) is 11.6. The lowest BCUT2D eigenvalue weighted by Gasteiger charge is -2.64. The number of hydrogen-bond donors (Lipinski definition) is 5. The summed E-state index contributed by atoms with van der Waals surface area (Å²) in [6.45, 7) is 6.50. The van der Waals surface area contributed by atoms with Crippen LogP contribution in [0.1, 0.15) is 72.1 Å². The molecule has 5 N–H and O–H groups in total. The molecule has 6 nitrogen and oxygen atoms in total. The normalized spacial score (nSPS) is 54.0. The second kappa shape index (κ2) is 7.72. The molecule has 0 amide bonds. The number of rotatable bonds is 4. The highest BCUT2D eigenvalue weighted by atomic mass is 16.4. The molecule has 0 spiro atoms. The second-order valence-electron chi connectivity index (χ2n) is 11.6. The number of fused-ring (bicyclic) bond motifs is 5. The van der Waals surface area contributed by atoms with Crippen molar-refractivity contribution in [3.05, 3.63) is 0 Å². The number of aliphatic hydroxyl groups is 4. The third-order valence-corrected chi connectivity index (χ3v) is 10.4. The van der Waals surface area contributed by atoms with Crippen LogP contribution in [0, 0.1) is 46.3 Å². The first-order valence-corrected chi connectivity index (χ1v) is 11.9. The van der Waals surface area contributed by atoms with E-state index in [-0.39, 0.29) is 52.8 Å². The molecule has 0 heterocycles. The number of aliphatic hydroxyl groups excluding tert-OH is 4. The van der Waals surface area contributed by atoms with E-state index in [0.717, 1.165) is 12.8 Å². The summed E-state index contributed by atoms with van der Waals surface area (Å²) in [5.74, 6) is 0.307. The predicted octanol–water partition coefficient (Wildman–Crippen LogP) is 2.42. The van der Waals surface area contributed by atoms with E-state index in [9.17, 15) is 25.2 Å². The zero-order valence-corrected chi connectivity index (χ0v) is 18.6. The largest absolute Gasteiger partial charge is 0.481 e. The molecule has 0 bridgehead atoms. The van der Waals surface area contributed by atoms with Gasteiger partial charge in [-0.1, -0.05) is 20.8 Å². The first-order chi connectivity index (χ1) is 14.0. The van der Waals surface area contributed by atoms with Gasteiger partial charge >= 0.3 is 5.97 Å². The summed E-state index contributed by atoms with van der Waals surface area (Å²) in [5, 5.41) is 52.5. The zero-order valence-electron chi connectivity index (χ0n) is 18.6. The van der Waals surface area contributed by atoms with Crippen molar-refractivity contribution in [1.29, 1.82) is 0 Å². The van der Waals surface area contributed by atoms with Crippen LogP contribution in [0.2, 0.25) is 0 Å². The molecule has 0 aromatic carbocycles. The number of carboxylic acid groups (broad SMARTS) is 1. The van der Waals surface area contributed by atoms with E-state index in [1.54, 1.807) is 0 Å². The van der Waals surface area contributed by atoms with Crippen molar-refractivity contribution < 1.29 is 30.3 Å². The Kier molecular flexibility index (Phi) is 5.79. The van der Waals surface area contributed by atoms with E-state index < -0.39 is 30.4 Å². The van der Waals surface area contributed by atoms with Gasteiger partial charge in [0.05, 0.1) is 24.4 Å². The SMILES string of the molecule is C[C@H](CCC(=O)O)[C@H]1CC[C@H]2[C@@H]3[C@H](O)C[C@@H]4C[C@@H](O)[C@@H](O)C[C@]4(C)[C@H]3C[C@H](O)[C@]12C. The fourth-order valence-corrected chi connectivity index (χ4v) is 8.72. The molecular weight excluding hydrogens is 384 g/mol. The molecule has 0 aromatic rings. The van der Waals surface area contributed by atoms with Gasteiger partial charge in [-0.25, -0.2) is 0 Å². The van der Waals surface area contributed by atoms with Crippen molar-refractivity contribution >= 4 is 5.97 Å². The molecular formula is C24H40O6. The first kappa shape index (κ1) is 22.5. The molecule has 0 radical (unpaired) electrons. The van der Waals surface area contributed by atoms with Crippen LogP contribution in [-0.4, -0.2) is 55.9 Å². The summed E-state index contributed by atoms with van der Waals surface area (Å²) < 4.78 is 0. The zero-order chi connectivity index (χ0) is 22.0. The van der Waals surface area contributed by atoms with E-state index in [1.165, 1.54) is 0 Å². The molecule has 6 heteroatoms. The van der Waals surface area contributed by atoms with Crippen LogP contribution < -0.4 is 0 Å². The lowest BCUT2D eigenvalue weighted by molar-refractivity contribution is -0.219. The summed E-state index contributed by atoms with van der Waals surface area (Å²) in [4.78, 5) is 11.1. The molecule has 4 rings (SSSR count). The molecule has 0 aromatic heterocycles. The minimum Gasteiger partial charge on any atom is -0.481 e. The predicted molar refractivity (Wildman–Crippen MR) is 111 cm³/mol. The van der Waals surface area contributed by atoms with Gasteiger partial charge in [0.15, 0.2) is 0 Å². The van der Waals surface area contributed by atoms with E-state index in [0.29, 0.717) is 32.1 Å². The highest BCUT2D eigenvalue weighted by molar-refractivity contribution is 5.66. The lowest BCUT2D eigenvalue weighted by Crippen LogP contribution is -2.63. The van der Waals surface area contributed by atoms with E-state index in [1.807, 2.05) is 0 Å². The van der Waals surface area contributed by atoms with Gasteiger partial charge in [-0.15, -0.1) is 0 Å². The molecule has 30 heavy (non-hydrogen) atoms. The molecule has 4 fully saturated rings. The molecule has 0 aliphatic heterocycles. The van der Waals surface area contributed by atoms with Crippen LogP contribution in [0.15, 0.2) is 0 Å². The van der Waals surface area contributed by atoms with Gasteiger partial charge in [-0.2, -0.15) is 0 Å². The highest BCUT2D eigenvalue weighted by Gasteiger charge is 2.66. The topological polar surface area (TPSA) is 118 Å². The maximum absolute atomic E-state index is 11.5. The number of aliphatic carboxylic acids is 1. The van der Waals surface area contributed by atoms with Crippen LogP contribution in [-0.2, 0) is 4.79 Å². The van der Waals surface area contributed by atoms with Gasteiger partial charge in [0, 0.05) is 6.42 Å². The molecule has 0 unspecified atom stereocenters. The average molecular weight is 425 g/mol. The van der Waals surface area contributed by atoms with Crippen molar-refractivity contribution in [2.24, 2.45) is 46.3 Å². The minimum atomic E-state index is -0.773. The van der Waals surface area contributed by atoms with Crippen molar-refractivity contribution in [1.82, 2.24) is 0 Å². The standard InChI is InChI=1S/C24H40O6/c1-12(4-7-21(29)30)14-5-6-15-22-16(10-20(28)24(14,15)3)23(2)11-19(27)17(25)8-13(23)9-18(22)26/h12-20,22,25-28H,4-11H2,1-3H3,(H,29,30)/t12-,13+,14-,15+,16+,17-,18-,19+,20+,22+,23+,24-/m1/s1. The van der Waals surface area contributed by atoms with Crippen molar-refractivity contribution in [2.75, 3.05) is 0 Å². The van der Waals surface area contributed by atoms with Crippen LogP contribution in [0.5, 0.6) is 0 Å². The average Bonchev–Trinajstić information content (AvgIpc) is 3.02. The highest BCUT2D eigenvalue weighted by Crippen LogP contribution is 2.68. The maximum atomic E-state index is 11.5. The van der Waals surface area contributed by atoms with Gasteiger partial charge < -0.3 is 25.5 Å². The van der Waals surface area contributed by atoms with Crippen LogP contribution in [0.4, 0.5) is 0 Å². The number of carbonyl (C=O) groups is 1. The third kappa shape index (κ3) is 3.25. The summed E-state index contributed by atoms with van der Waals surface area (Å²) in [5.41, 5.74) is -0.492. The van der Waals surface area contributed by atoms with Gasteiger partial charge in [-0.05, 0) is 91.3 Å². The Bertz CT molecular complexity index is 668. The van der Waals surface area contributed by atoms with Gasteiger partial charge in [0.25, 0.3) is 0 Å². The Hall–Kier alpha value is -0.690. The van der Waals surface area contributed by atoms with Gasteiger partial charge in [0.1, 0.15) is 0 Å². The third-order valence-electron chi connectivity index (χ3n) is 10.4. The van der Waals surface area contributed by atoms with Crippen molar-refractivity contribution in [2.45, 2.75) is 96.6 Å². The number of carboxylic acids is 1. The van der Waals surface area contributed by atoms with Crippen molar-refractivity contribution in [3.8, 4) is 0 Å². The monoisotopic (exact) mass is 424 g/mol. The fourth-order valence-electron chi connectivity index (χ4n) is 8.72. The van der Waals surface area contributed by atoms with Gasteiger partial charge in [-0.3, -0.25) is 4.79 Å². The molecule has 4 aliphatic carbocycles. The fraction of sp³-hybridized carbons (Fsp3) is 0.958.